The number of nitrogens with zero attached hydrogens (tertiary/aromatic N) is 2. The molecule has 0 atom stereocenters. The fourth-order valence-electron chi connectivity index (χ4n) is 8.35. The Morgan fingerprint density at radius 3 is 1.63 bits per heavy atom. The molecule has 84 heavy (non-hydrogen) atoms. The molecule has 1 aliphatic heterocycles. The number of hydrogen-bond donors (Lipinski definition) is 3. The molecule has 23 heteroatoms. The summed E-state index contributed by atoms with van der Waals surface area (Å²) < 4.78 is 105. The summed E-state index contributed by atoms with van der Waals surface area (Å²) in [5, 5.41) is 8.59. The van der Waals surface area contributed by atoms with E-state index in [2.05, 4.69) is 25.8 Å². The van der Waals surface area contributed by atoms with Crippen LogP contribution < -0.4 is 20.9 Å². The summed E-state index contributed by atoms with van der Waals surface area (Å²) >= 11 is 0. The Morgan fingerprint density at radius 2 is 1.05 bits per heavy atom. The van der Waals surface area contributed by atoms with Crippen LogP contribution in [-0.2, 0) is 80.8 Å². The van der Waals surface area contributed by atoms with Crippen LogP contribution in [0.15, 0.2) is 85.1 Å². The number of anilines is 2. The lowest BCUT2D eigenvalue weighted by atomic mass is 10.0. The highest BCUT2D eigenvalue weighted by molar-refractivity contribution is 6.06. The van der Waals surface area contributed by atoms with Gasteiger partial charge in [0.15, 0.2) is 0 Å². The Morgan fingerprint density at radius 1 is 0.524 bits per heavy atom. The molecule has 1 aromatic heterocycles. The minimum Gasteiger partial charge on any atom is -0.382 e. The number of pyridine rings is 1. The molecule has 0 radical (unpaired) electrons. The van der Waals surface area contributed by atoms with Crippen LogP contribution in [0.25, 0.3) is 11.3 Å². The topological polar surface area (TPSA) is 214 Å². The molecule has 0 bridgehead atoms. The van der Waals surface area contributed by atoms with Crippen molar-refractivity contribution >= 4 is 29.1 Å². The number of piperidine rings is 1. The maximum atomic E-state index is 13.8. The highest BCUT2D eigenvalue weighted by Crippen LogP contribution is 2.34. The maximum absolute atomic E-state index is 13.8. The number of benzene rings is 3. The Kier molecular flexibility index (Phi) is 35.4. The lowest BCUT2D eigenvalue weighted by molar-refractivity contribution is -0.137. The molecule has 0 aliphatic carbocycles. The van der Waals surface area contributed by atoms with Crippen LogP contribution in [-0.4, -0.2) is 201 Å². The third-order valence-corrected chi connectivity index (χ3v) is 12.7. The molecule has 1 fully saturated rings. The highest BCUT2D eigenvalue weighted by Gasteiger charge is 2.30. The SMILES string of the molecule is COCCOCCOCCOCCOCCOCCOCCOCCNC(=O)CCOCCOCCOCCOCCCc1cccc(C(=O)Nc2ccc(N3CCCCC3)cc2-c2cc(C(=O)NCc3cccc(C(F)(F)F)c3)ccn2)c1. The average Bonchev–Trinajstić information content (AvgIpc) is 3.56. The molecule has 1 aliphatic rings. The van der Waals surface area contributed by atoms with Gasteiger partial charge in [-0.3, -0.25) is 19.4 Å². The van der Waals surface area contributed by atoms with Crippen LogP contribution in [0.3, 0.4) is 0 Å². The molecule has 2 heterocycles. The zero-order chi connectivity index (χ0) is 59.6. The number of aromatic nitrogens is 1. The number of methoxy groups -OCH3 is 1. The van der Waals surface area contributed by atoms with E-state index in [0.29, 0.717) is 186 Å². The van der Waals surface area contributed by atoms with E-state index >= 15 is 0 Å². The standard InChI is InChI=1S/C61H86F3N5O15/c1-73-24-25-77-32-33-81-38-39-83-42-43-84-41-40-82-37-36-80-31-28-76-23-18-66-58(70)16-22-75-27-30-79-35-34-78-29-26-74-21-7-10-49-8-5-11-51(44-49)60(72)68-56-14-13-54(69-19-3-2-4-20-69)47-55(56)57-46-52(15-17-65-57)59(71)67-48-50-9-6-12-53(45-50)61(62,63)64/h5-6,8-9,11-15,17,44-47H,2-4,7,10,16,18-43,48H2,1H3,(H,66,70)(H,67,71)(H,68,72). The van der Waals surface area contributed by atoms with Gasteiger partial charge in [-0.25, -0.2) is 0 Å². The molecule has 466 valence electrons. The summed E-state index contributed by atoms with van der Waals surface area (Å²) in [6, 6.07) is 21.2. The molecule has 1 saturated heterocycles. The minimum atomic E-state index is -4.50. The normalized spacial score (nSPS) is 12.6. The molecular formula is C61H86F3N5O15. The van der Waals surface area contributed by atoms with E-state index < -0.39 is 17.6 Å². The van der Waals surface area contributed by atoms with Gasteiger partial charge in [-0.2, -0.15) is 13.2 Å². The van der Waals surface area contributed by atoms with E-state index in [0.717, 1.165) is 62.2 Å². The molecular weight excluding hydrogens is 1100 g/mol. The van der Waals surface area contributed by atoms with E-state index in [4.69, 9.17) is 56.8 Å². The number of halogens is 3. The summed E-state index contributed by atoms with van der Waals surface area (Å²) in [6.07, 6.45) is 1.95. The maximum Gasteiger partial charge on any atom is 0.416 e. The number of amides is 3. The zero-order valence-electron chi connectivity index (χ0n) is 48.6. The minimum absolute atomic E-state index is 0.0996. The third-order valence-electron chi connectivity index (χ3n) is 12.7. The van der Waals surface area contributed by atoms with Crippen LogP contribution >= 0.6 is 0 Å². The van der Waals surface area contributed by atoms with Crippen LogP contribution in [0, 0.1) is 0 Å². The van der Waals surface area contributed by atoms with Gasteiger partial charge in [0.25, 0.3) is 11.8 Å². The van der Waals surface area contributed by atoms with Crippen molar-refractivity contribution in [3.8, 4) is 11.3 Å². The average molecular weight is 1190 g/mol. The van der Waals surface area contributed by atoms with Crippen molar-refractivity contribution in [1.29, 1.82) is 0 Å². The number of alkyl halides is 3. The lowest BCUT2D eigenvalue weighted by Gasteiger charge is -2.29. The Bertz CT molecular complexity index is 2440. The first-order valence-corrected chi connectivity index (χ1v) is 28.9. The van der Waals surface area contributed by atoms with Gasteiger partial charge in [0.2, 0.25) is 5.91 Å². The smallest absolute Gasteiger partial charge is 0.382 e. The van der Waals surface area contributed by atoms with Crippen molar-refractivity contribution in [2.24, 2.45) is 0 Å². The third kappa shape index (κ3) is 29.9. The van der Waals surface area contributed by atoms with Gasteiger partial charge in [-0.15, -0.1) is 0 Å². The van der Waals surface area contributed by atoms with Crippen LogP contribution in [0.5, 0.6) is 0 Å². The number of aryl methyl sites for hydroxylation is 1. The van der Waals surface area contributed by atoms with Gasteiger partial charge in [-0.05, 0) is 97.8 Å². The summed E-state index contributed by atoms with van der Waals surface area (Å²) in [6.45, 7) is 12.5. The number of carbonyl (C=O) groups excluding carboxylic acids is 3. The van der Waals surface area contributed by atoms with E-state index in [1.165, 1.54) is 24.4 Å². The van der Waals surface area contributed by atoms with E-state index in [1.807, 2.05) is 36.4 Å². The van der Waals surface area contributed by atoms with Crippen LogP contribution in [0.2, 0.25) is 0 Å². The van der Waals surface area contributed by atoms with Crippen molar-refractivity contribution < 1.29 is 84.4 Å². The number of nitrogens with one attached hydrogen (secondary N) is 3. The zero-order valence-corrected chi connectivity index (χ0v) is 48.6. The van der Waals surface area contributed by atoms with Crippen molar-refractivity contribution in [3.05, 3.63) is 113 Å². The summed E-state index contributed by atoms with van der Waals surface area (Å²) in [5.74, 6) is -0.911. The van der Waals surface area contributed by atoms with Crippen molar-refractivity contribution in [3.63, 3.8) is 0 Å². The Balaban J connectivity index is 0.836. The summed E-state index contributed by atoms with van der Waals surface area (Å²) in [5.41, 5.74) is 3.79. The molecule has 3 amide bonds. The predicted octanol–water partition coefficient (Wildman–Crippen LogP) is 7.21. The Hall–Kier alpha value is -5.67. The second-order valence-electron chi connectivity index (χ2n) is 19.2. The number of carbonyl (C=O) groups is 3. The first kappa shape index (κ1) is 69.1. The molecule has 0 unspecified atom stereocenters. The quantitative estimate of drug-likeness (QED) is 0.0373. The lowest BCUT2D eigenvalue weighted by Crippen LogP contribution is -2.29. The molecule has 0 spiro atoms. The summed E-state index contributed by atoms with van der Waals surface area (Å²) in [7, 11) is 1.63. The number of ether oxygens (including phenoxy) is 12. The monoisotopic (exact) mass is 1190 g/mol. The Labute approximate surface area is 491 Å². The van der Waals surface area contributed by atoms with Crippen molar-refractivity contribution in [2.75, 3.05) is 189 Å². The van der Waals surface area contributed by atoms with E-state index in [1.54, 1.807) is 19.2 Å². The van der Waals surface area contributed by atoms with Crippen molar-refractivity contribution in [2.45, 2.75) is 51.2 Å². The van der Waals surface area contributed by atoms with Crippen molar-refractivity contribution in [1.82, 2.24) is 15.6 Å². The van der Waals surface area contributed by atoms with Gasteiger partial charge in [0.05, 0.1) is 162 Å². The van der Waals surface area contributed by atoms with Gasteiger partial charge < -0.3 is 77.7 Å². The first-order chi connectivity index (χ1) is 41.1. The largest absolute Gasteiger partial charge is 0.416 e. The van der Waals surface area contributed by atoms with Gasteiger partial charge in [0, 0.05) is 74.9 Å². The van der Waals surface area contributed by atoms with Gasteiger partial charge >= 0.3 is 6.18 Å². The summed E-state index contributed by atoms with van der Waals surface area (Å²) in [4.78, 5) is 46.1. The molecule has 3 aromatic carbocycles. The van der Waals surface area contributed by atoms with Gasteiger partial charge in [-0.1, -0.05) is 24.3 Å². The molecule has 4 aromatic rings. The second-order valence-corrected chi connectivity index (χ2v) is 19.2. The molecule has 20 nitrogen and oxygen atoms in total. The van der Waals surface area contributed by atoms with Gasteiger partial charge in [0.1, 0.15) is 0 Å². The first-order valence-electron chi connectivity index (χ1n) is 28.9. The van der Waals surface area contributed by atoms with E-state index in [9.17, 15) is 27.6 Å². The molecule has 5 rings (SSSR count). The fourth-order valence-corrected chi connectivity index (χ4v) is 8.35. The number of rotatable bonds is 47. The molecule has 0 saturated carbocycles. The van der Waals surface area contributed by atoms with Crippen LogP contribution in [0.1, 0.15) is 69.5 Å². The molecule has 3 N–H and O–H groups in total. The van der Waals surface area contributed by atoms with Crippen LogP contribution in [0.4, 0.5) is 24.5 Å². The fraction of sp³-hybridized carbons (Fsp3) is 0.574. The number of hydrogen-bond acceptors (Lipinski definition) is 17. The second kappa shape index (κ2) is 43.0. The van der Waals surface area contributed by atoms with E-state index in [-0.39, 0.29) is 37.0 Å². The highest BCUT2D eigenvalue weighted by atomic mass is 19.4. The predicted molar refractivity (Wildman–Crippen MR) is 310 cm³/mol.